The zero-order valence-electron chi connectivity index (χ0n) is 13.5. The van der Waals surface area contributed by atoms with Gasteiger partial charge in [-0.15, -0.1) is 0 Å². The molecule has 0 fully saturated rings. The molecule has 0 atom stereocenters. The van der Waals surface area contributed by atoms with Crippen LogP contribution < -0.4 is 0 Å². The molecule has 2 rings (SSSR count). The molecule has 0 radical (unpaired) electrons. The van der Waals surface area contributed by atoms with Crippen LogP contribution in [0.1, 0.15) is 36.1 Å². The molecule has 0 aliphatic heterocycles. The predicted molar refractivity (Wildman–Crippen MR) is 73.1 cm³/mol. The molecule has 88 valence electrons. The van der Waals surface area contributed by atoms with E-state index >= 15 is 0 Å². The zero-order chi connectivity index (χ0) is 15.0. The van der Waals surface area contributed by atoms with Gasteiger partial charge in [-0.25, -0.2) is 0 Å². The molecule has 17 heavy (non-hydrogen) atoms. The van der Waals surface area contributed by atoms with Crippen LogP contribution in [-0.4, -0.2) is 4.98 Å². The molecule has 0 saturated carbocycles. The zero-order valence-corrected chi connectivity index (χ0v) is 10.5. The molecule has 1 aromatic heterocycles. The van der Waals surface area contributed by atoms with Crippen LogP contribution >= 0.6 is 0 Å². The smallest absolute Gasteiger partial charge is 0.0705 e. The first kappa shape index (κ1) is 8.46. The first-order valence-electron chi connectivity index (χ1n) is 7.27. The normalized spacial score (nSPS) is 14.9. The monoisotopic (exact) mass is 228 g/mol. The van der Waals surface area contributed by atoms with E-state index in [-0.39, 0.29) is 11.1 Å². The van der Waals surface area contributed by atoms with E-state index in [4.69, 9.17) is 4.11 Å². The number of rotatable bonds is 1. The summed E-state index contributed by atoms with van der Waals surface area (Å²) in [5.74, 6) is 0. The molecule has 1 heterocycles. The standard InChI is InChI=1S/C16H19N/c1-12-14(16(2,3)4)10-11-15(17-12)13-8-6-5-7-9-13/h5-11H,1-4H3/i1D3. The van der Waals surface area contributed by atoms with Crippen LogP contribution in [0.2, 0.25) is 0 Å². The second kappa shape index (κ2) is 4.33. The topological polar surface area (TPSA) is 12.9 Å². The summed E-state index contributed by atoms with van der Waals surface area (Å²) in [5.41, 5.74) is 2.36. The minimum atomic E-state index is -2.20. The average molecular weight is 228 g/mol. The van der Waals surface area contributed by atoms with Gasteiger partial charge in [0.15, 0.2) is 0 Å². The number of pyridine rings is 1. The number of aryl methyl sites for hydroxylation is 1. The highest BCUT2D eigenvalue weighted by Crippen LogP contribution is 2.27. The SMILES string of the molecule is [2H]C([2H])([2H])c1nc(-c2ccccc2)ccc1C(C)(C)C. The van der Waals surface area contributed by atoms with Gasteiger partial charge in [0.05, 0.1) is 5.69 Å². The lowest BCUT2D eigenvalue weighted by Gasteiger charge is -2.21. The molecule has 2 aromatic rings. The van der Waals surface area contributed by atoms with E-state index in [9.17, 15) is 0 Å². The summed E-state index contributed by atoms with van der Waals surface area (Å²) < 4.78 is 23.2. The molecule has 0 amide bonds. The van der Waals surface area contributed by atoms with E-state index in [1.54, 1.807) is 0 Å². The van der Waals surface area contributed by atoms with Crippen LogP contribution in [0.25, 0.3) is 11.3 Å². The highest BCUT2D eigenvalue weighted by atomic mass is 14.7. The molecule has 0 N–H and O–H groups in total. The van der Waals surface area contributed by atoms with Crippen LogP contribution in [0, 0.1) is 6.85 Å². The van der Waals surface area contributed by atoms with E-state index < -0.39 is 6.85 Å². The molecule has 0 spiro atoms. The summed E-state index contributed by atoms with van der Waals surface area (Å²) in [5, 5.41) is 0. The second-order valence-electron chi connectivity index (χ2n) is 5.21. The third-order valence-electron chi connectivity index (χ3n) is 2.77. The van der Waals surface area contributed by atoms with Gasteiger partial charge in [0.25, 0.3) is 0 Å². The molecular weight excluding hydrogens is 206 g/mol. The fraction of sp³-hybridized carbons (Fsp3) is 0.312. The van der Waals surface area contributed by atoms with Gasteiger partial charge in [0.2, 0.25) is 0 Å². The Morgan fingerprint density at radius 1 is 1.00 bits per heavy atom. The van der Waals surface area contributed by atoms with Crippen molar-refractivity contribution in [2.75, 3.05) is 0 Å². The number of hydrogen-bond acceptors (Lipinski definition) is 1. The molecule has 0 bridgehead atoms. The van der Waals surface area contributed by atoms with Gasteiger partial charge in [-0.2, -0.15) is 0 Å². The molecule has 0 unspecified atom stereocenters. The van der Waals surface area contributed by atoms with E-state index in [1.165, 1.54) is 0 Å². The Hall–Kier alpha value is -1.63. The highest BCUT2D eigenvalue weighted by molar-refractivity contribution is 5.59. The van der Waals surface area contributed by atoms with E-state index in [0.717, 1.165) is 11.1 Å². The minimum Gasteiger partial charge on any atom is -0.253 e. The maximum atomic E-state index is 7.72. The maximum Gasteiger partial charge on any atom is 0.0705 e. The maximum absolute atomic E-state index is 7.72. The Bertz CT molecular complexity index is 595. The van der Waals surface area contributed by atoms with Crippen molar-refractivity contribution in [3.8, 4) is 11.3 Å². The van der Waals surface area contributed by atoms with Crippen LogP contribution in [-0.2, 0) is 5.41 Å². The molecule has 1 nitrogen and oxygen atoms in total. The van der Waals surface area contributed by atoms with Gasteiger partial charge < -0.3 is 0 Å². The summed E-state index contributed by atoms with van der Waals surface area (Å²) in [6, 6.07) is 13.4. The molecule has 1 heteroatoms. The fourth-order valence-electron chi connectivity index (χ4n) is 1.83. The number of benzene rings is 1. The largest absolute Gasteiger partial charge is 0.253 e. The minimum absolute atomic E-state index is 0.200. The van der Waals surface area contributed by atoms with Crippen molar-refractivity contribution in [3.63, 3.8) is 0 Å². The van der Waals surface area contributed by atoms with Crippen molar-refractivity contribution < 1.29 is 4.11 Å². The third kappa shape index (κ3) is 2.55. The van der Waals surface area contributed by atoms with E-state index in [2.05, 4.69) is 4.98 Å². The van der Waals surface area contributed by atoms with Crippen molar-refractivity contribution in [1.29, 1.82) is 0 Å². The van der Waals surface area contributed by atoms with Gasteiger partial charge >= 0.3 is 0 Å². The van der Waals surface area contributed by atoms with Gasteiger partial charge in [0, 0.05) is 15.4 Å². The molecule has 0 aliphatic rings. The van der Waals surface area contributed by atoms with Crippen molar-refractivity contribution in [2.24, 2.45) is 0 Å². The molecule has 1 aromatic carbocycles. The van der Waals surface area contributed by atoms with Crippen molar-refractivity contribution in [1.82, 2.24) is 4.98 Å². The van der Waals surface area contributed by atoms with Gasteiger partial charge in [-0.05, 0) is 23.9 Å². The predicted octanol–water partition coefficient (Wildman–Crippen LogP) is 4.35. The third-order valence-corrected chi connectivity index (χ3v) is 2.77. The average Bonchev–Trinajstić information content (AvgIpc) is 2.37. The highest BCUT2D eigenvalue weighted by Gasteiger charge is 2.17. The van der Waals surface area contributed by atoms with Gasteiger partial charge in [-0.1, -0.05) is 57.2 Å². The van der Waals surface area contributed by atoms with Crippen LogP contribution in [0.15, 0.2) is 42.5 Å². The first-order chi connectivity index (χ1) is 9.19. The summed E-state index contributed by atoms with van der Waals surface area (Å²) in [6.07, 6.45) is 0. The fourth-order valence-corrected chi connectivity index (χ4v) is 1.83. The molecule has 0 aliphatic carbocycles. The number of aromatic nitrogens is 1. The first-order valence-corrected chi connectivity index (χ1v) is 5.77. The Morgan fingerprint density at radius 2 is 1.71 bits per heavy atom. The quantitative estimate of drug-likeness (QED) is 0.707. The molecular formula is C16H19N. The van der Waals surface area contributed by atoms with Crippen LogP contribution in [0.5, 0.6) is 0 Å². The van der Waals surface area contributed by atoms with Gasteiger partial charge in [0.1, 0.15) is 0 Å². The lowest BCUT2D eigenvalue weighted by molar-refractivity contribution is 0.582. The van der Waals surface area contributed by atoms with Crippen molar-refractivity contribution in [3.05, 3.63) is 53.7 Å². The summed E-state index contributed by atoms with van der Waals surface area (Å²) >= 11 is 0. The van der Waals surface area contributed by atoms with E-state index in [1.807, 2.05) is 63.2 Å². The van der Waals surface area contributed by atoms with Crippen LogP contribution in [0.4, 0.5) is 0 Å². The Balaban J connectivity index is 2.62. The number of hydrogen-bond donors (Lipinski definition) is 0. The van der Waals surface area contributed by atoms with E-state index in [0.29, 0.717) is 5.69 Å². The second-order valence-corrected chi connectivity index (χ2v) is 5.21. The Kier molecular flexibility index (Phi) is 2.15. The lowest BCUT2D eigenvalue weighted by atomic mass is 9.86. The summed E-state index contributed by atoms with van der Waals surface area (Å²) in [7, 11) is 0. The van der Waals surface area contributed by atoms with Gasteiger partial charge in [-0.3, -0.25) is 4.98 Å². The summed E-state index contributed by atoms with van der Waals surface area (Å²) in [6.45, 7) is 3.80. The van der Waals surface area contributed by atoms with Crippen LogP contribution in [0.3, 0.4) is 0 Å². The van der Waals surface area contributed by atoms with Crippen molar-refractivity contribution in [2.45, 2.75) is 33.0 Å². The molecule has 0 saturated heterocycles. The Morgan fingerprint density at radius 3 is 2.29 bits per heavy atom. The summed E-state index contributed by atoms with van der Waals surface area (Å²) in [4.78, 5) is 4.42. The number of nitrogens with zero attached hydrogens (tertiary/aromatic N) is 1. The van der Waals surface area contributed by atoms with Crippen molar-refractivity contribution >= 4 is 0 Å². The Labute approximate surface area is 108 Å². The lowest BCUT2D eigenvalue weighted by Crippen LogP contribution is -2.14.